The highest BCUT2D eigenvalue weighted by atomic mass is 16.5. The van der Waals surface area contributed by atoms with E-state index in [9.17, 15) is 4.79 Å². The first-order valence-corrected chi connectivity index (χ1v) is 10.2. The maximum absolute atomic E-state index is 12.8. The lowest BCUT2D eigenvalue weighted by Gasteiger charge is -2.24. The van der Waals surface area contributed by atoms with Crippen LogP contribution in [0.5, 0.6) is 11.5 Å². The molecular weight excluding hydrogens is 368 g/mol. The minimum absolute atomic E-state index is 0.00125. The summed E-state index contributed by atoms with van der Waals surface area (Å²) in [7, 11) is 3.58. The second-order valence-electron chi connectivity index (χ2n) is 7.79. The summed E-state index contributed by atoms with van der Waals surface area (Å²) in [4.78, 5) is 15.0. The summed E-state index contributed by atoms with van der Waals surface area (Å²) < 4.78 is 13.4. The second-order valence-corrected chi connectivity index (χ2v) is 7.79. The number of aryl methyl sites for hydroxylation is 2. The van der Waals surface area contributed by atoms with Crippen molar-refractivity contribution in [1.29, 1.82) is 0 Å². The number of benzene rings is 1. The minimum atomic E-state index is -0.0891. The Kier molecular flexibility index (Phi) is 6.47. The third kappa shape index (κ3) is 4.72. The Morgan fingerprint density at radius 2 is 2.17 bits per heavy atom. The molecule has 0 spiro atoms. The van der Waals surface area contributed by atoms with Crippen molar-refractivity contribution < 1.29 is 14.3 Å². The van der Waals surface area contributed by atoms with Gasteiger partial charge in [0.05, 0.1) is 25.4 Å². The highest BCUT2D eigenvalue weighted by Crippen LogP contribution is 2.29. The number of carbonyl (C=O) groups excluding carboxylic acids is 1. The maximum Gasteiger partial charge on any atom is 0.234 e. The Hall–Kier alpha value is -2.54. The normalized spacial score (nSPS) is 17.8. The van der Waals surface area contributed by atoms with Crippen molar-refractivity contribution in [3.8, 4) is 11.5 Å². The Balaban J connectivity index is 1.71. The van der Waals surface area contributed by atoms with Crippen molar-refractivity contribution in [2.45, 2.75) is 52.8 Å². The van der Waals surface area contributed by atoms with E-state index in [0.717, 1.165) is 40.4 Å². The van der Waals surface area contributed by atoms with Gasteiger partial charge < -0.3 is 14.8 Å². The summed E-state index contributed by atoms with van der Waals surface area (Å²) in [6.45, 7) is 9.80. The van der Waals surface area contributed by atoms with Crippen LogP contribution < -0.4 is 14.8 Å². The van der Waals surface area contributed by atoms with Crippen LogP contribution in [0.1, 0.15) is 48.8 Å². The Labute approximate surface area is 173 Å². The van der Waals surface area contributed by atoms with E-state index in [1.165, 1.54) is 0 Å². The molecule has 2 atom stereocenters. The first-order chi connectivity index (χ1) is 13.8. The van der Waals surface area contributed by atoms with Gasteiger partial charge >= 0.3 is 0 Å². The molecule has 29 heavy (non-hydrogen) atoms. The molecule has 2 heterocycles. The molecule has 1 aliphatic rings. The van der Waals surface area contributed by atoms with Gasteiger partial charge in [-0.1, -0.05) is 6.92 Å². The molecule has 0 fully saturated rings. The minimum Gasteiger partial charge on any atom is -0.497 e. The SMILES string of the molecule is CCC1CN(CC(=O)NC(C)c2c(C)nn(C)c2C)Cc2cc(OC)ccc2O1. The van der Waals surface area contributed by atoms with Crippen LogP contribution in [0.3, 0.4) is 0 Å². The summed E-state index contributed by atoms with van der Waals surface area (Å²) in [5, 5.41) is 7.59. The average molecular weight is 401 g/mol. The molecule has 7 nitrogen and oxygen atoms in total. The molecule has 2 unspecified atom stereocenters. The number of nitrogens with zero attached hydrogens (tertiary/aromatic N) is 3. The average Bonchev–Trinajstić information content (AvgIpc) is 2.83. The van der Waals surface area contributed by atoms with Crippen LogP contribution in [0.25, 0.3) is 0 Å². The lowest BCUT2D eigenvalue weighted by Crippen LogP contribution is -2.41. The number of nitrogens with one attached hydrogen (secondary N) is 1. The number of fused-ring (bicyclic) bond motifs is 1. The van der Waals surface area contributed by atoms with Crippen LogP contribution >= 0.6 is 0 Å². The lowest BCUT2D eigenvalue weighted by molar-refractivity contribution is -0.123. The van der Waals surface area contributed by atoms with Crippen molar-refractivity contribution in [2.75, 3.05) is 20.2 Å². The molecule has 0 bridgehead atoms. The smallest absolute Gasteiger partial charge is 0.234 e. The molecule has 0 saturated heterocycles. The first kappa shape index (κ1) is 21.2. The van der Waals surface area contributed by atoms with E-state index in [4.69, 9.17) is 9.47 Å². The van der Waals surface area contributed by atoms with Crippen molar-refractivity contribution in [3.05, 3.63) is 40.7 Å². The molecule has 158 valence electrons. The monoisotopic (exact) mass is 400 g/mol. The van der Waals surface area contributed by atoms with Gasteiger partial charge in [0.2, 0.25) is 5.91 Å². The largest absolute Gasteiger partial charge is 0.497 e. The van der Waals surface area contributed by atoms with Gasteiger partial charge in [-0.25, -0.2) is 0 Å². The lowest BCUT2D eigenvalue weighted by atomic mass is 10.1. The fraction of sp³-hybridized carbons (Fsp3) is 0.545. The van der Waals surface area contributed by atoms with Gasteiger partial charge in [-0.15, -0.1) is 0 Å². The molecule has 2 aromatic rings. The standard InChI is InChI=1S/C22H32N4O3/c1-7-18-12-26(11-17-10-19(28-6)8-9-20(17)29-18)13-21(27)23-14(2)22-15(3)24-25(5)16(22)4/h8-10,14,18H,7,11-13H2,1-6H3,(H,23,27). The van der Waals surface area contributed by atoms with Crippen LogP contribution in [0.4, 0.5) is 0 Å². The fourth-order valence-electron chi connectivity index (χ4n) is 4.04. The van der Waals surface area contributed by atoms with E-state index in [2.05, 4.69) is 22.2 Å². The van der Waals surface area contributed by atoms with Crippen molar-refractivity contribution in [2.24, 2.45) is 7.05 Å². The van der Waals surface area contributed by atoms with E-state index < -0.39 is 0 Å². The summed E-state index contributed by atoms with van der Waals surface area (Å²) in [5.41, 5.74) is 4.15. The molecule has 0 saturated carbocycles. The predicted molar refractivity (Wildman–Crippen MR) is 112 cm³/mol. The number of rotatable bonds is 6. The number of carbonyl (C=O) groups is 1. The summed E-state index contributed by atoms with van der Waals surface area (Å²) >= 11 is 0. The van der Waals surface area contributed by atoms with Gasteiger partial charge in [-0.2, -0.15) is 5.10 Å². The summed E-state index contributed by atoms with van der Waals surface area (Å²) in [6, 6.07) is 5.77. The van der Waals surface area contributed by atoms with Crippen LogP contribution in [-0.2, 0) is 18.4 Å². The highest BCUT2D eigenvalue weighted by molar-refractivity contribution is 5.78. The second kappa shape index (κ2) is 8.86. The zero-order chi connectivity index (χ0) is 21.1. The Bertz CT molecular complexity index is 877. The number of ether oxygens (including phenoxy) is 2. The Morgan fingerprint density at radius 3 is 2.79 bits per heavy atom. The molecule has 1 amide bonds. The van der Waals surface area contributed by atoms with Crippen LogP contribution in [-0.4, -0.2) is 46.9 Å². The predicted octanol–water partition coefficient (Wildman–Crippen LogP) is 2.90. The third-order valence-electron chi connectivity index (χ3n) is 5.62. The van der Waals surface area contributed by atoms with Gasteiger partial charge in [-0.05, 0) is 45.4 Å². The van der Waals surface area contributed by atoms with E-state index in [-0.39, 0.29) is 18.1 Å². The Morgan fingerprint density at radius 1 is 1.41 bits per heavy atom. The summed E-state index contributed by atoms with van der Waals surface area (Å²) in [5.74, 6) is 1.67. The van der Waals surface area contributed by atoms with Crippen LogP contribution in [0, 0.1) is 13.8 Å². The van der Waals surface area contributed by atoms with Crippen LogP contribution in [0.2, 0.25) is 0 Å². The number of amides is 1. The van der Waals surface area contributed by atoms with E-state index in [1.807, 2.05) is 50.7 Å². The van der Waals surface area contributed by atoms with Gasteiger partial charge in [-0.3, -0.25) is 14.4 Å². The molecule has 1 aromatic carbocycles. The van der Waals surface area contributed by atoms with Gasteiger partial charge in [0.15, 0.2) is 0 Å². The van der Waals surface area contributed by atoms with Gasteiger partial charge in [0, 0.05) is 37.0 Å². The number of hydrogen-bond acceptors (Lipinski definition) is 5. The maximum atomic E-state index is 12.8. The molecule has 1 N–H and O–H groups in total. The van der Waals surface area contributed by atoms with Crippen molar-refractivity contribution in [3.63, 3.8) is 0 Å². The first-order valence-electron chi connectivity index (χ1n) is 10.2. The number of aromatic nitrogens is 2. The zero-order valence-electron chi connectivity index (χ0n) is 18.3. The molecule has 1 aromatic heterocycles. The summed E-state index contributed by atoms with van der Waals surface area (Å²) in [6.07, 6.45) is 0.936. The molecule has 7 heteroatoms. The van der Waals surface area contributed by atoms with Crippen LogP contribution in [0.15, 0.2) is 18.2 Å². The van der Waals surface area contributed by atoms with Gasteiger partial charge in [0.1, 0.15) is 17.6 Å². The topological polar surface area (TPSA) is 68.6 Å². The third-order valence-corrected chi connectivity index (χ3v) is 5.62. The fourth-order valence-corrected chi connectivity index (χ4v) is 4.04. The zero-order valence-corrected chi connectivity index (χ0v) is 18.3. The molecule has 3 rings (SSSR count). The number of methoxy groups -OCH3 is 1. The van der Waals surface area contributed by atoms with Crippen molar-refractivity contribution in [1.82, 2.24) is 20.0 Å². The van der Waals surface area contributed by atoms with Crippen molar-refractivity contribution >= 4 is 5.91 Å². The van der Waals surface area contributed by atoms with E-state index in [0.29, 0.717) is 19.6 Å². The van der Waals surface area contributed by atoms with Gasteiger partial charge in [0.25, 0.3) is 0 Å². The highest BCUT2D eigenvalue weighted by Gasteiger charge is 2.25. The molecule has 0 aliphatic carbocycles. The molecular formula is C22H32N4O3. The molecule has 0 radical (unpaired) electrons. The number of hydrogen-bond donors (Lipinski definition) is 1. The van der Waals surface area contributed by atoms with E-state index in [1.54, 1.807) is 7.11 Å². The molecule has 1 aliphatic heterocycles. The van der Waals surface area contributed by atoms with E-state index >= 15 is 0 Å². The quantitative estimate of drug-likeness (QED) is 0.808.